The van der Waals surface area contributed by atoms with Crippen molar-refractivity contribution in [3.8, 4) is 17.0 Å². The van der Waals surface area contributed by atoms with Crippen LogP contribution in [0.15, 0.2) is 36.7 Å². The fourth-order valence-corrected chi connectivity index (χ4v) is 1.69. The first-order valence-electron chi connectivity index (χ1n) is 6.23. The van der Waals surface area contributed by atoms with Gasteiger partial charge in [0.2, 0.25) is 0 Å². The summed E-state index contributed by atoms with van der Waals surface area (Å²) in [5.41, 5.74) is 1.72. The molecular formula is C14H17N3O2. The highest BCUT2D eigenvalue weighted by Gasteiger charge is 2.03. The van der Waals surface area contributed by atoms with Gasteiger partial charge in [0, 0.05) is 12.1 Å². The summed E-state index contributed by atoms with van der Waals surface area (Å²) in [5, 5.41) is 11.8. The van der Waals surface area contributed by atoms with Crippen LogP contribution in [0.25, 0.3) is 11.3 Å². The number of ether oxygens (including phenoxy) is 1. The molecule has 1 aromatic carbocycles. The number of anilines is 1. The summed E-state index contributed by atoms with van der Waals surface area (Å²) in [6, 6.07) is 7.73. The van der Waals surface area contributed by atoms with Crippen molar-refractivity contribution in [2.75, 3.05) is 25.1 Å². The van der Waals surface area contributed by atoms with Crippen LogP contribution in [0.1, 0.15) is 6.92 Å². The van der Waals surface area contributed by atoms with Crippen LogP contribution in [0.2, 0.25) is 0 Å². The van der Waals surface area contributed by atoms with Gasteiger partial charge in [0.25, 0.3) is 0 Å². The average molecular weight is 259 g/mol. The zero-order valence-electron chi connectivity index (χ0n) is 10.8. The second-order valence-electron chi connectivity index (χ2n) is 3.90. The highest BCUT2D eigenvalue weighted by molar-refractivity contribution is 5.61. The van der Waals surface area contributed by atoms with E-state index >= 15 is 0 Å². The third-order valence-corrected chi connectivity index (χ3v) is 2.49. The summed E-state index contributed by atoms with van der Waals surface area (Å²) >= 11 is 0. The van der Waals surface area contributed by atoms with Crippen LogP contribution in [0.4, 0.5) is 5.82 Å². The van der Waals surface area contributed by atoms with Crippen molar-refractivity contribution in [2.45, 2.75) is 6.92 Å². The number of hydrogen-bond acceptors (Lipinski definition) is 5. The number of aliphatic hydroxyl groups is 1. The van der Waals surface area contributed by atoms with Gasteiger partial charge >= 0.3 is 0 Å². The highest BCUT2D eigenvalue weighted by Crippen LogP contribution is 2.22. The first-order chi connectivity index (χ1) is 9.33. The lowest BCUT2D eigenvalue weighted by molar-refractivity contribution is 0.311. The molecule has 100 valence electrons. The van der Waals surface area contributed by atoms with Crippen molar-refractivity contribution in [3.05, 3.63) is 36.7 Å². The van der Waals surface area contributed by atoms with Gasteiger partial charge in [-0.3, -0.25) is 4.98 Å². The van der Waals surface area contributed by atoms with Crippen LogP contribution >= 0.6 is 0 Å². The third kappa shape index (κ3) is 3.66. The topological polar surface area (TPSA) is 67.3 Å². The van der Waals surface area contributed by atoms with E-state index < -0.39 is 0 Å². The van der Waals surface area contributed by atoms with Crippen LogP contribution in [0.5, 0.6) is 5.75 Å². The lowest BCUT2D eigenvalue weighted by atomic mass is 10.1. The second-order valence-corrected chi connectivity index (χ2v) is 3.90. The van der Waals surface area contributed by atoms with Gasteiger partial charge in [0.05, 0.1) is 31.3 Å². The molecule has 0 radical (unpaired) electrons. The summed E-state index contributed by atoms with van der Waals surface area (Å²) in [6.07, 6.45) is 3.33. The molecule has 5 nitrogen and oxygen atoms in total. The molecule has 0 unspecified atom stereocenters. The smallest absolute Gasteiger partial charge is 0.145 e. The van der Waals surface area contributed by atoms with E-state index in [4.69, 9.17) is 9.84 Å². The molecule has 1 heterocycles. The summed E-state index contributed by atoms with van der Waals surface area (Å²) in [4.78, 5) is 8.58. The first kappa shape index (κ1) is 13.3. The predicted molar refractivity (Wildman–Crippen MR) is 74.2 cm³/mol. The lowest BCUT2D eigenvalue weighted by Crippen LogP contribution is -2.07. The molecule has 0 fully saturated rings. The van der Waals surface area contributed by atoms with Crippen LogP contribution in [-0.2, 0) is 0 Å². The van der Waals surface area contributed by atoms with E-state index in [-0.39, 0.29) is 6.61 Å². The SMILES string of the molecule is CCOc1cccc(-c2cncc(NCCO)n2)c1. The van der Waals surface area contributed by atoms with Crippen LogP contribution in [0.3, 0.4) is 0 Å². The maximum atomic E-state index is 8.78. The Morgan fingerprint density at radius 2 is 2.21 bits per heavy atom. The van der Waals surface area contributed by atoms with Crippen molar-refractivity contribution < 1.29 is 9.84 Å². The van der Waals surface area contributed by atoms with Crippen molar-refractivity contribution >= 4 is 5.82 Å². The normalized spacial score (nSPS) is 10.2. The zero-order chi connectivity index (χ0) is 13.5. The van der Waals surface area contributed by atoms with Crippen LogP contribution < -0.4 is 10.1 Å². The van der Waals surface area contributed by atoms with Gasteiger partial charge in [-0.1, -0.05) is 12.1 Å². The molecule has 2 N–H and O–H groups in total. The zero-order valence-corrected chi connectivity index (χ0v) is 10.8. The minimum Gasteiger partial charge on any atom is -0.494 e. The molecule has 0 aliphatic carbocycles. The Kier molecular flexibility index (Phi) is 4.69. The summed E-state index contributed by atoms with van der Waals surface area (Å²) in [6.45, 7) is 3.10. The summed E-state index contributed by atoms with van der Waals surface area (Å²) in [5.74, 6) is 1.46. The fourth-order valence-electron chi connectivity index (χ4n) is 1.69. The number of nitrogens with zero attached hydrogens (tertiary/aromatic N) is 2. The van der Waals surface area contributed by atoms with Gasteiger partial charge in [-0.15, -0.1) is 0 Å². The second kappa shape index (κ2) is 6.70. The molecule has 19 heavy (non-hydrogen) atoms. The van der Waals surface area contributed by atoms with Gasteiger partial charge < -0.3 is 15.2 Å². The molecule has 0 spiro atoms. The van der Waals surface area contributed by atoms with Crippen molar-refractivity contribution in [3.63, 3.8) is 0 Å². The van der Waals surface area contributed by atoms with E-state index in [1.165, 1.54) is 0 Å². The van der Waals surface area contributed by atoms with Gasteiger partial charge in [-0.05, 0) is 19.1 Å². The Labute approximate surface area is 112 Å². The number of rotatable bonds is 6. The molecule has 0 aliphatic heterocycles. The quantitative estimate of drug-likeness (QED) is 0.830. The van der Waals surface area contributed by atoms with E-state index in [1.54, 1.807) is 12.4 Å². The van der Waals surface area contributed by atoms with Crippen LogP contribution in [-0.4, -0.2) is 34.8 Å². The van der Waals surface area contributed by atoms with Gasteiger partial charge in [-0.25, -0.2) is 4.98 Å². The maximum Gasteiger partial charge on any atom is 0.145 e. The maximum absolute atomic E-state index is 8.78. The molecule has 1 aromatic heterocycles. The van der Waals surface area contributed by atoms with Crippen LogP contribution in [0, 0.1) is 0 Å². The van der Waals surface area contributed by atoms with Crippen molar-refractivity contribution in [2.24, 2.45) is 0 Å². The minimum absolute atomic E-state index is 0.0612. The van der Waals surface area contributed by atoms with Crippen molar-refractivity contribution in [1.82, 2.24) is 9.97 Å². The number of aliphatic hydroxyl groups excluding tert-OH is 1. The first-order valence-corrected chi connectivity index (χ1v) is 6.23. The number of hydrogen-bond donors (Lipinski definition) is 2. The van der Waals surface area contributed by atoms with Gasteiger partial charge in [0.1, 0.15) is 11.6 Å². The Hall–Kier alpha value is -2.14. The third-order valence-electron chi connectivity index (χ3n) is 2.49. The standard InChI is InChI=1S/C14H17N3O2/c1-2-19-12-5-3-4-11(8-12)13-9-15-10-14(17-13)16-6-7-18/h3-5,8-10,18H,2,6-7H2,1H3,(H,16,17). The monoisotopic (exact) mass is 259 g/mol. The molecular weight excluding hydrogens is 242 g/mol. The fraction of sp³-hybridized carbons (Fsp3) is 0.286. The number of nitrogens with one attached hydrogen (secondary N) is 1. The van der Waals surface area contributed by atoms with E-state index in [0.717, 1.165) is 17.0 Å². The molecule has 0 saturated heterocycles. The molecule has 2 rings (SSSR count). The number of benzene rings is 1. The molecule has 0 bridgehead atoms. The van der Waals surface area contributed by atoms with Gasteiger partial charge in [-0.2, -0.15) is 0 Å². The van der Waals surface area contributed by atoms with E-state index in [1.807, 2.05) is 31.2 Å². The molecule has 2 aromatic rings. The highest BCUT2D eigenvalue weighted by atomic mass is 16.5. The molecule has 0 amide bonds. The average Bonchev–Trinajstić information content (AvgIpc) is 2.46. The largest absolute Gasteiger partial charge is 0.494 e. The van der Waals surface area contributed by atoms with E-state index in [9.17, 15) is 0 Å². The molecule has 5 heteroatoms. The molecule has 0 saturated carbocycles. The molecule has 0 atom stereocenters. The lowest BCUT2D eigenvalue weighted by Gasteiger charge is -2.07. The number of aromatic nitrogens is 2. The predicted octanol–water partition coefficient (Wildman–Crippen LogP) is 1.95. The van der Waals surface area contributed by atoms with E-state index in [2.05, 4.69) is 15.3 Å². The Balaban J connectivity index is 2.23. The van der Waals surface area contributed by atoms with E-state index in [0.29, 0.717) is 19.0 Å². The van der Waals surface area contributed by atoms with Gasteiger partial charge in [0.15, 0.2) is 0 Å². The van der Waals surface area contributed by atoms with Crippen molar-refractivity contribution in [1.29, 1.82) is 0 Å². The Bertz CT molecular complexity index is 532. The molecule has 0 aliphatic rings. The Morgan fingerprint density at radius 1 is 1.32 bits per heavy atom. The summed E-state index contributed by atoms with van der Waals surface area (Å²) < 4.78 is 5.47. The summed E-state index contributed by atoms with van der Waals surface area (Å²) in [7, 11) is 0. The Morgan fingerprint density at radius 3 is 3.00 bits per heavy atom. The minimum atomic E-state index is 0.0612.